The van der Waals surface area contributed by atoms with E-state index in [0.29, 0.717) is 0 Å². The molecule has 1 heterocycles. The lowest BCUT2D eigenvalue weighted by atomic mass is 10.0. The van der Waals surface area contributed by atoms with Crippen LogP contribution < -0.4 is 5.32 Å². The fourth-order valence-electron chi connectivity index (χ4n) is 2.71. The van der Waals surface area contributed by atoms with Crippen molar-refractivity contribution >= 4 is 5.69 Å². The van der Waals surface area contributed by atoms with Crippen LogP contribution in [0.3, 0.4) is 0 Å². The van der Waals surface area contributed by atoms with E-state index in [-0.39, 0.29) is 28.2 Å². The van der Waals surface area contributed by atoms with Gasteiger partial charge in [0, 0.05) is 36.0 Å². The monoisotopic (exact) mass is 330 g/mol. The molecule has 0 bridgehead atoms. The van der Waals surface area contributed by atoms with Crippen LogP contribution in [0.1, 0.15) is 63.5 Å². The van der Waals surface area contributed by atoms with E-state index in [1.807, 2.05) is 24.6 Å². The number of rotatable bonds is 5. The number of aryl methyl sites for hydroxylation is 1. The predicted octanol–water partition coefficient (Wildman–Crippen LogP) is 4.27. The third-order valence-electron chi connectivity index (χ3n) is 4.17. The molecule has 0 aliphatic carbocycles. The molecular weight excluding hydrogens is 304 g/mol. The van der Waals surface area contributed by atoms with Crippen molar-refractivity contribution in [2.45, 2.75) is 59.2 Å². The van der Waals surface area contributed by atoms with Crippen molar-refractivity contribution in [1.82, 2.24) is 15.1 Å². The first-order valence-electron chi connectivity index (χ1n) is 8.16. The zero-order valence-electron chi connectivity index (χ0n) is 15.2. The Hall–Kier alpha value is -2.21. The van der Waals surface area contributed by atoms with Crippen molar-refractivity contribution in [2.75, 3.05) is 0 Å². The second-order valence-electron chi connectivity index (χ2n) is 7.25. The molecule has 0 spiro atoms. The Morgan fingerprint density at radius 3 is 2.46 bits per heavy atom. The van der Waals surface area contributed by atoms with Crippen molar-refractivity contribution in [1.29, 1.82) is 0 Å². The molecule has 0 saturated carbocycles. The number of nitro groups is 1. The molecule has 0 radical (unpaired) electrons. The molecule has 1 N–H and O–H groups in total. The van der Waals surface area contributed by atoms with Gasteiger partial charge in [-0.1, -0.05) is 12.1 Å². The van der Waals surface area contributed by atoms with Crippen LogP contribution in [0.25, 0.3) is 0 Å². The normalized spacial score (nSPS) is 14.4. The zero-order valence-corrected chi connectivity index (χ0v) is 15.2. The Morgan fingerprint density at radius 1 is 1.25 bits per heavy atom. The van der Waals surface area contributed by atoms with E-state index in [0.717, 1.165) is 16.8 Å². The van der Waals surface area contributed by atoms with Crippen molar-refractivity contribution in [3.05, 3.63) is 57.4 Å². The molecule has 0 amide bonds. The molecule has 0 unspecified atom stereocenters. The fourth-order valence-corrected chi connectivity index (χ4v) is 2.71. The first-order chi connectivity index (χ1) is 11.1. The quantitative estimate of drug-likeness (QED) is 0.656. The van der Waals surface area contributed by atoms with E-state index < -0.39 is 0 Å². The van der Waals surface area contributed by atoms with Crippen molar-refractivity contribution in [3.63, 3.8) is 0 Å². The largest absolute Gasteiger partial charge is 0.304 e. The average molecular weight is 330 g/mol. The molecule has 6 nitrogen and oxygen atoms in total. The zero-order chi connectivity index (χ0) is 18.1. The van der Waals surface area contributed by atoms with Gasteiger partial charge < -0.3 is 5.32 Å². The average Bonchev–Trinajstić information content (AvgIpc) is 2.89. The first-order valence-corrected chi connectivity index (χ1v) is 8.16. The highest BCUT2D eigenvalue weighted by Crippen LogP contribution is 2.25. The Morgan fingerprint density at radius 2 is 1.92 bits per heavy atom. The minimum atomic E-state index is -0.364. The smallest absolute Gasteiger partial charge is 0.269 e. The molecule has 0 fully saturated rings. The summed E-state index contributed by atoms with van der Waals surface area (Å²) < 4.78 is 1.98. The summed E-state index contributed by atoms with van der Waals surface area (Å²) in [6.45, 7) is 12.5. The van der Waals surface area contributed by atoms with Gasteiger partial charge >= 0.3 is 0 Å². The maximum atomic E-state index is 10.9. The molecule has 130 valence electrons. The van der Waals surface area contributed by atoms with Crippen LogP contribution in [0.2, 0.25) is 0 Å². The van der Waals surface area contributed by atoms with Crippen LogP contribution in [-0.4, -0.2) is 14.7 Å². The van der Waals surface area contributed by atoms with E-state index >= 15 is 0 Å². The van der Waals surface area contributed by atoms with Gasteiger partial charge in [0.2, 0.25) is 0 Å². The molecule has 1 aromatic heterocycles. The minimum absolute atomic E-state index is 0.00251. The summed E-state index contributed by atoms with van der Waals surface area (Å²) in [5.41, 5.74) is 3.09. The summed E-state index contributed by atoms with van der Waals surface area (Å²) in [7, 11) is 0. The van der Waals surface area contributed by atoms with Crippen molar-refractivity contribution in [3.8, 4) is 0 Å². The molecule has 1 aromatic carbocycles. The Labute approximate surface area is 143 Å². The van der Waals surface area contributed by atoms with Gasteiger partial charge in [0.15, 0.2) is 0 Å². The molecule has 2 atom stereocenters. The van der Waals surface area contributed by atoms with Crippen molar-refractivity contribution in [2.24, 2.45) is 0 Å². The molecular formula is C18H26N4O2. The first kappa shape index (κ1) is 18.1. The molecule has 6 heteroatoms. The van der Waals surface area contributed by atoms with E-state index in [9.17, 15) is 10.1 Å². The van der Waals surface area contributed by atoms with Gasteiger partial charge in [-0.25, -0.2) is 0 Å². The number of aromatic nitrogens is 2. The fraction of sp³-hybridized carbons (Fsp3) is 0.500. The van der Waals surface area contributed by atoms with Crippen LogP contribution in [0.4, 0.5) is 5.69 Å². The summed E-state index contributed by atoms with van der Waals surface area (Å²) in [5, 5.41) is 19.1. The number of benzene rings is 1. The summed E-state index contributed by atoms with van der Waals surface area (Å²) in [6.07, 6.45) is 2.08. The highest BCUT2D eigenvalue weighted by atomic mass is 16.6. The molecule has 2 rings (SSSR count). The second kappa shape index (κ2) is 6.73. The lowest BCUT2D eigenvalue weighted by Gasteiger charge is -2.21. The van der Waals surface area contributed by atoms with E-state index in [4.69, 9.17) is 0 Å². The SMILES string of the molecule is Cc1nn(C(C)(C)C)cc1[C@H](C)N[C@@H](C)c1cccc([N+](=O)[O-])c1. The van der Waals surface area contributed by atoms with Crippen LogP contribution in [0, 0.1) is 17.0 Å². The summed E-state index contributed by atoms with van der Waals surface area (Å²) in [4.78, 5) is 10.6. The Balaban J connectivity index is 2.17. The third-order valence-corrected chi connectivity index (χ3v) is 4.17. The Kier molecular flexibility index (Phi) is 5.08. The maximum Gasteiger partial charge on any atom is 0.269 e. The van der Waals surface area contributed by atoms with Crippen molar-refractivity contribution < 1.29 is 4.92 Å². The number of hydrogen-bond donors (Lipinski definition) is 1. The van der Waals surface area contributed by atoms with E-state index in [1.165, 1.54) is 6.07 Å². The maximum absolute atomic E-state index is 10.9. The van der Waals surface area contributed by atoms with Gasteiger partial charge in [0.05, 0.1) is 16.2 Å². The van der Waals surface area contributed by atoms with E-state index in [1.54, 1.807) is 12.1 Å². The molecule has 0 saturated heterocycles. The van der Waals surface area contributed by atoms with Gasteiger partial charge in [-0.15, -0.1) is 0 Å². The number of nitro benzene ring substituents is 1. The summed E-state index contributed by atoms with van der Waals surface area (Å²) in [5.74, 6) is 0. The lowest BCUT2D eigenvalue weighted by Crippen LogP contribution is -2.23. The second-order valence-corrected chi connectivity index (χ2v) is 7.25. The third kappa shape index (κ3) is 4.00. The summed E-state index contributed by atoms with van der Waals surface area (Å²) >= 11 is 0. The van der Waals surface area contributed by atoms with Crippen LogP contribution in [0.5, 0.6) is 0 Å². The molecule has 24 heavy (non-hydrogen) atoms. The van der Waals surface area contributed by atoms with E-state index in [2.05, 4.69) is 44.3 Å². The van der Waals surface area contributed by atoms with Gasteiger partial charge in [-0.2, -0.15) is 5.10 Å². The highest BCUT2D eigenvalue weighted by Gasteiger charge is 2.20. The van der Waals surface area contributed by atoms with Gasteiger partial charge in [0.1, 0.15) is 0 Å². The van der Waals surface area contributed by atoms with Crippen LogP contribution in [-0.2, 0) is 5.54 Å². The minimum Gasteiger partial charge on any atom is -0.304 e. The number of nitrogens with zero attached hydrogens (tertiary/aromatic N) is 3. The number of nitrogens with one attached hydrogen (secondary N) is 1. The van der Waals surface area contributed by atoms with Crippen LogP contribution in [0.15, 0.2) is 30.5 Å². The number of hydrogen-bond acceptors (Lipinski definition) is 4. The lowest BCUT2D eigenvalue weighted by molar-refractivity contribution is -0.384. The van der Waals surface area contributed by atoms with Gasteiger partial charge in [-0.3, -0.25) is 14.8 Å². The standard InChI is InChI=1S/C18H26N4O2/c1-12(15-8-7-9-16(10-15)22(23)24)19-13(2)17-11-21(18(4,5)6)20-14(17)3/h7-13,19H,1-6H3/t12-,13-/m0/s1. The van der Waals surface area contributed by atoms with Crippen LogP contribution >= 0.6 is 0 Å². The predicted molar refractivity (Wildman–Crippen MR) is 95.0 cm³/mol. The molecule has 0 aliphatic rings. The van der Waals surface area contributed by atoms with Gasteiger partial charge in [0.25, 0.3) is 5.69 Å². The molecule has 2 aromatic rings. The molecule has 0 aliphatic heterocycles. The number of non-ortho nitro benzene ring substituents is 1. The highest BCUT2D eigenvalue weighted by molar-refractivity contribution is 5.35. The van der Waals surface area contributed by atoms with Gasteiger partial charge in [-0.05, 0) is 47.1 Å². The summed E-state index contributed by atoms with van der Waals surface area (Å²) in [6, 6.07) is 6.85. The topological polar surface area (TPSA) is 73.0 Å². The Bertz CT molecular complexity index is 731.